The molecule has 0 spiro atoms. The van der Waals surface area contributed by atoms with E-state index < -0.39 is 0 Å². The van der Waals surface area contributed by atoms with Gasteiger partial charge in [0, 0.05) is 30.5 Å². The Labute approximate surface area is 183 Å². The molecule has 7 heteroatoms. The summed E-state index contributed by atoms with van der Waals surface area (Å²) >= 11 is 1.51. The first kappa shape index (κ1) is 19.1. The van der Waals surface area contributed by atoms with Crippen LogP contribution in [-0.4, -0.2) is 31.8 Å². The van der Waals surface area contributed by atoms with E-state index in [-0.39, 0.29) is 5.91 Å². The van der Waals surface area contributed by atoms with E-state index in [9.17, 15) is 4.79 Å². The molecule has 0 radical (unpaired) electrons. The van der Waals surface area contributed by atoms with Crippen LogP contribution in [0.3, 0.4) is 0 Å². The van der Waals surface area contributed by atoms with Crippen molar-refractivity contribution in [2.24, 2.45) is 0 Å². The van der Waals surface area contributed by atoms with E-state index in [1.165, 1.54) is 16.9 Å². The fraction of sp³-hybridized carbons (Fsp3) is 0.0833. The number of carbonyl (C=O) groups is 1. The molecule has 0 aliphatic rings. The molecule has 4 aromatic heterocycles. The fourth-order valence-corrected chi connectivity index (χ4v) is 4.28. The summed E-state index contributed by atoms with van der Waals surface area (Å²) in [5, 5.41) is 5.82. The van der Waals surface area contributed by atoms with Gasteiger partial charge in [-0.15, -0.1) is 11.3 Å². The van der Waals surface area contributed by atoms with Crippen molar-refractivity contribution in [3.05, 3.63) is 95.9 Å². The number of fused-ring (bicyclic) bond motifs is 1. The van der Waals surface area contributed by atoms with E-state index in [1.807, 2.05) is 58.4 Å². The minimum Gasteiger partial charge on any atom is -0.352 e. The van der Waals surface area contributed by atoms with Crippen molar-refractivity contribution >= 4 is 22.8 Å². The van der Waals surface area contributed by atoms with Gasteiger partial charge in [0.05, 0.1) is 28.7 Å². The summed E-state index contributed by atoms with van der Waals surface area (Å²) in [4.78, 5) is 26.1. The van der Waals surface area contributed by atoms with Crippen molar-refractivity contribution in [3.63, 3.8) is 0 Å². The van der Waals surface area contributed by atoms with Crippen molar-refractivity contribution in [3.8, 4) is 22.1 Å². The molecule has 4 heterocycles. The average molecular weight is 426 g/mol. The van der Waals surface area contributed by atoms with Crippen LogP contribution >= 0.6 is 11.3 Å². The fourth-order valence-electron chi connectivity index (χ4n) is 3.51. The van der Waals surface area contributed by atoms with E-state index in [0.29, 0.717) is 12.1 Å². The third-order valence-electron chi connectivity index (χ3n) is 5.01. The summed E-state index contributed by atoms with van der Waals surface area (Å²) in [5.74, 6) is -0.0877. The molecule has 0 atom stereocenters. The Morgan fingerprint density at radius 1 is 1.03 bits per heavy atom. The number of thiazole rings is 1. The van der Waals surface area contributed by atoms with Crippen molar-refractivity contribution in [1.29, 1.82) is 0 Å². The van der Waals surface area contributed by atoms with Gasteiger partial charge in [-0.3, -0.25) is 14.8 Å². The second-order valence-electron chi connectivity index (χ2n) is 7.02. The molecule has 1 amide bonds. The summed E-state index contributed by atoms with van der Waals surface area (Å²) in [6.07, 6.45) is 7.73. The maximum Gasteiger partial charge on any atom is 0.253 e. The second-order valence-corrected chi connectivity index (χ2v) is 7.88. The van der Waals surface area contributed by atoms with Crippen LogP contribution in [0, 0.1) is 0 Å². The molecule has 1 aromatic carbocycles. The predicted molar refractivity (Wildman–Crippen MR) is 122 cm³/mol. The lowest BCUT2D eigenvalue weighted by Crippen LogP contribution is -2.25. The highest BCUT2D eigenvalue weighted by molar-refractivity contribution is 7.13. The average Bonchev–Trinajstić information content (AvgIpc) is 3.46. The van der Waals surface area contributed by atoms with Gasteiger partial charge in [0.1, 0.15) is 10.7 Å². The van der Waals surface area contributed by atoms with Crippen LogP contribution in [0.25, 0.3) is 27.6 Å². The van der Waals surface area contributed by atoms with Gasteiger partial charge in [-0.05, 0) is 30.2 Å². The number of nitrogens with zero attached hydrogens (tertiary/aromatic N) is 4. The van der Waals surface area contributed by atoms with Crippen LogP contribution in [-0.2, 0) is 6.42 Å². The first-order chi connectivity index (χ1) is 15.3. The molecule has 152 valence electrons. The Morgan fingerprint density at radius 2 is 1.90 bits per heavy atom. The Balaban J connectivity index is 1.42. The zero-order chi connectivity index (χ0) is 21.0. The molecule has 0 unspecified atom stereocenters. The van der Waals surface area contributed by atoms with Crippen LogP contribution in [0.1, 0.15) is 15.9 Å². The van der Waals surface area contributed by atoms with Crippen LogP contribution in [0.2, 0.25) is 0 Å². The highest BCUT2D eigenvalue weighted by atomic mass is 32.1. The predicted octanol–water partition coefficient (Wildman–Crippen LogP) is 4.49. The van der Waals surface area contributed by atoms with Gasteiger partial charge in [-0.25, -0.2) is 4.98 Å². The van der Waals surface area contributed by atoms with E-state index in [1.54, 1.807) is 18.6 Å². The normalized spacial score (nSPS) is 11.0. The number of nitrogens with one attached hydrogen (secondary N) is 1. The van der Waals surface area contributed by atoms with Gasteiger partial charge in [0.25, 0.3) is 5.91 Å². The van der Waals surface area contributed by atoms with Gasteiger partial charge in [0.2, 0.25) is 0 Å². The molecular formula is C24H19N5OS. The van der Waals surface area contributed by atoms with Gasteiger partial charge in [0.15, 0.2) is 0 Å². The Kier molecular flexibility index (Phi) is 5.24. The summed E-state index contributed by atoms with van der Waals surface area (Å²) < 4.78 is 2.00. The van der Waals surface area contributed by atoms with E-state index in [2.05, 4.69) is 27.4 Å². The molecule has 0 saturated heterocycles. The zero-order valence-electron chi connectivity index (χ0n) is 16.6. The van der Waals surface area contributed by atoms with E-state index >= 15 is 0 Å². The molecule has 0 aliphatic heterocycles. The van der Waals surface area contributed by atoms with Crippen LogP contribution in [0.15, 0.2) is 84.8 Å². The summed E-state index contributed by atoms with van der Waals surface area (Å²) in [6.45, 7) is 0.579. The van der Waals surface area contributed by atoms with Gasteiger partial charge >= 0.3 is 0 Å². The molecule has 6 nitrogen and oxygen atoms in total. The molecule has 5 rings (SSSR count). The number of aromatic nitrogens is 4. The Bertz CT molecular complexity index is 1330. The summed E-state index contributed by atoms with van der Waals surface area (Å²) in [6, 6.07) is 17.9. The van der Waals surface area contributed by atoms with Crippen molar-refractivity contribution < 1.29 is 4.79 Å². The smallest absolute Gasteiger partial charge is 0.253 e. The summed E-state index contributed by atoms with van der Waals surface area (Å²) in [5.41, 5.74) is 5.09. The number of carbonyl (C=O) groups excluding carboxylic acids is 1. The molecule has 0 saturated carbocycles. The van der Waals surface area contributed by atoms with Crippen LogP contribution in [0.5, 0.6) is 0 Å². The summed E-state index contributed by atoms with van der Waals surface area (Å²) in [7, 11) is 0. The first-order valence-corrected chi connectivity index (χ1v) is 10.8. The van der Waals surface area contributed by atoms with Crippen molar-refractivity contribution in [2.75, 3.05) is 6.54 Å². The molecule has 31 heavy (non-hydrogen) atoms. The Morgan fingerprint density at radius 3 is 2.74 bits per heavy atom. The molecule has 0 bridgehead atoms. The molecular weight excluding hydrogens is 406 g/mol. The second kappa shape index (κ2) is 8.49. The van der Waals surface area contributed by atoms with Crippen LogP contribution in [0.4, 0.5) is 0 Å². The number of pyridine rings is 1. The van der Waals surface area contributed by atoms with Gasteiger partial charge in [-0.1, -0.05) is 36.4 Å². The molecule has 0 aliphatic carbocycles. The highest BCUT2D eigenvalue weighted by Gasteiger charge is 2.18. The van der Waals surface area contributed by atoms with E-state index in [0.717, 1.165) is 34.0 Å². The third kappa shape index (κ3) is 3.95. The highest BCUT2D eigenvalue weighted by Crippen LogP contribution is 2.30. The molecule has 5 aromatic rings. The first-order valence-electron chi connectivity index (χ1n) is 9.94. The molecule has 0 fully saturated rings. The number of hydrogen-bond donors (Lipinski definition) is 1. The lowest BCUT2D eigenvalue weighted by atomic mass is 10.1. The van der Waals surface area contributed by atoms with Crippen LogP contribution < -0.4 is 5.32 Å². The number of benzene rings is 1. The largest absolute Gasteiger partial charge is 0.352 e. The topological polar surface area (TPSA) is 72.2 Å². The lowest BCUT2D eigenvalue weighted by Gasteiger charge is -2.05. The van der Waals surface area contributed by atoms with Gasteiger partial charge < -0.3 is 9.72 Å². The van der Waals surface area contributed by atoms with Gasteiger partial charge in [-0.2, -0.15) is 0 Å². The number of amides is 1. The lowest BCUT2D eigenvalue weighted by molar-refractivity contribution is 0.0956. The minimum absolute atomic E-state index is 0.0877. The monoisotopic (exact) mass is 425 g/mol. The van der Waals surface area contributed by atoms with Crippen molar-refractivity contribution in [2.45, 2.75) is 6.42 Å². The minimum atomic E-state index is -0.0877. The molecule has 1 N–H and O–H groups in total. The number of rotatable bonds is 6. The third-order valence-corrected chi connectivity index (χ3v) is 5.88. The number of hydrogen-bond acceptors (Lipinski definition) is 5. The maximum absolute atomic E-state index is 13.0. The zero-order valence-corrected chi connectivity index (χ0v) is 17.4. The van der Waals surface area contributed by atoms with E-state index in [4.69, 9.17) is 4.98 Å². The quantitative estimate of drug-likeness (QED) is 0.435. The standard InChI is InChI=1S/C24H19N5OS/c30-23(27-10-9-17-6-2-1-3-7-17)18-14-22(29-13-5-4-8-21(18)29)20-16-31-24(28-20)19-15-25-11-12-26-19/h1-8,11-16H,9-10H2,(H,27,30). The maximum atomic E-state index is 13.0. The SMILES string of the molecule is O=C(NCCc1ccccc1)c1cc(-c2csc(-c3cnccn3)n2)n2ccccc12. The Hall–Kier alpha value is -3.84. The van der Waals surface area contributed by atoms with Crippen molar-refractivity contribution in [1.82, 2.24) is 24.7 Å².